The van der Waals surface area contributed by atoms with Gasteiger partial charge in [0.2, 0.25) is 29.5 Å². The number of rotatable bonds is 28. The van der Waals surface area contributed by atoms with Crippen LogP contribution in [0.2, 0.25) is 0 Å². The van der Waals surface area contributed by atoms with Crippen molar-refractivity contribution in [1.82, 2.24) is 26.6 Å². The van der Waals surface area contributed by atoms with Gasteiger partial charge >= 0.3 is 0 Å². The molecular weight excluding hydrogens is 819 g/mol. The van der Waals surface area contributed by atoms with E-state index < -0.39 is 39.2 Å². The summed E-state index contributed by atoms with van der Waals surface area (Å²) in [6, 6.07) is -0.872. The largest absolute Gasteiger partial charge is 0.375 e. The molecular formula is C53H101N5O7. The van der Waals surface area contributed by atoms with Gasteiger partial charge in [-0.1, -0.05) is 109 Å². The number of nitrogens with one attached hydrogen (secondary N) is 5. The second-order valence-electron chi connectivity index (χ2n) is 26.7. The van der Waals surface area contributed by atoms with Gasteiger partial charge in [-0.25, -0.2) is 0 Å². The molecule has 0 aliphatic carbocycles. The van der Waals surface area contributed by atoms with Gasteiger partial charge in [0.1, 0.15) is 6.04 Å². The van der Waals surface area contributed by atoms with Crippen molar-refractivity contribution in [3.8, 4) is 0 Å². The second kappa shape index (κ2) is 23.8. The van der Waals surface area contributed by atoms with Crippen molar-refractivity contribution in [3.05, 3.63) is 12.2 Å². The SMILES string of the molecule is CC(=O)N[C@@H](CCC(=O)NCCC(C)(C)OCC(C)(C)NC(=O)C(C)(C)CC(C)(C)C)C(=O)NCCC(C)(C)OCCC(C)(C)NC(=O)C(C)(C)CC(C)(C)/C=C\C(C)(C)CC(C)(C)C. The number of allylic oxidation sites excluding steroid dienone is 2. The molecule has 0 saturated carbocycles. The molecule has 12 nitrogen and oxygen atoms in total. The Hall–Kier alpha value is -2.99. The van der Waals surface area contributed by atoms with Gasteiger partial charge in [0, 0.05) is 49.4 Å². The van der Waals surface area contributed by atoms with Crippen molar-refractivity contribution < 1.29 is 33.4 Å². The lowest BCUT2D eigenvalue weighted by Gasteiger charge is -2.37. The molecule has 0 aromatic rings. The van der Waals surface area contributed by atoms with Crippen LogP contribution in [0.3, 0.4) is 0 Å². The standard InChI is InChI=1S/C53H101N5O7/c1-38(59)56-39(24-25-40(60)54-31-28-53(22,23)65-37-51(18,19)58-42(62)48(12,13)35-45(5,6)7)41(61)55-32-29-52(20,21)64-33-30-50(16,17)57-43(63)49(14,15)36-47(10,11)27-26-46(8,9)34-44(2,3)4/h26-27,39H,24-25,28-37H2,1-23H3,(H,54,60)(H,55,61)(H,56,59)(H,57,63)(H,58,62)/b27-26-/t39-/m0/s1. The molecule has 0 rings (SSSR count). The molecule has 5 N–H and O–H groups in total. The highest BCUT2D eigenvalue weighted by Gasteiger charge is 2.38. The van der Waals surface area contributed by atoms with Crippen molar-refractivity contribution in [3.63, 3.8) is 0 Å². The number of ether oxygens (including phenoxy) is 2. The Labute approximate surface area is 398 Å². The molecule has 65 heavy (non-hydrogen) atoms. The Morgan fingerprint density at radius 3 is 1.43 bits per heavy atom. The zero-order chi connectivity index (χ0) is 51.3. The van der Waals surface area contributed by atoms with Gasteiger partial charge in [-0.3, -0.25) is 24.0 Å². The van der Waals surface area contributed by atoms with E-state index in [0.717, 1.165) is 12.8 Å². The zero-order valence-corrected chi connectivity index (χ0v) is 46.1. The molecule has 0 unspecified atom stereocenters. The fraction of sp³-hybridized carbons (Fsp3) is 0.868. The normalized spacial score (nSPS) is 14.5. The molecule has 380 valence electrons. The first kappa shape index (κ1) is 62.0. The van der Waals surface area contributed by atoms with E-state index in [-0.39, 0.29) is 64.0 Å². The van der Waals surface area contributed by atoms with Crippen LogP contribution in [-0.4, -0.2) is 84.2 Å². The summed E-state index contributed by atoms with van der Waals surface area (Å²) in [5.74, 6) is -0.968. The maximum Gasteiger partial charge on any atom is 0.242 e. The first-order valence-corrected chi connectivity index (χ1v) is 24.2. The Morgan fingerprint density at radius 1 is 0.523 bits per heavy atom. The summed E-state index contributed by atoms with van der Waals surface area (Å²) in [5.41, 5.74) is -3.23. The van der Waals surface area contributed by atoms with Crippen molar-refractivity contribution in [2.24, 2.45) is 32.5 Å². The van der Waals surface area contributed by atoms with Gasteiger partial charge < -0.3 is 36.1 Å². The van der Waals surface area contributed by atoms with Crippen LogP contribution in [-0.2, 0) is 33.4 Å². The maximum atomic E-state index is 13.6. The smallest absolute Gasteiger partial charge is 0.242 e. The molecule has 0 aromatic heterocycles. The summed E-state index contributed by atoms with van der Waals surface area (Å²) in [6.07, 6.45) is 8.93. The lowest BCUT2D eigenvalue weighted by molar-refractivity contribution is -0.135. The van der Waals surface area contributed by atoms with Crippen LogP contribution in [0.4, 0.5) is 0 Å². The summed E-state index contributed by atoms with van der Waals surface area (Å²) >= 11 is 0. The number of carbonyl (C=O) groups is 5. The van der Waals surface area contributed by atoms with Crippen molar-refractivity contribution in [2.45, 2.75) is 239 Å². The molecule has 0 aliphatic heterocycles. The van der Waals surface area contributed by atoms with Crippen LogP contribution in [0.15, 0.2) is 12.2 Å². The minimum absolute atomic E-state index is 0.00943. The van der Waals surface area contributed by atoms with Gasteiger partial charge in [-0.15, -0.1) is 0 Å². The van der Waals surface area contributed by atoms with Crippen molar-refractivity contribution in [1.29, 1.82) is 0 Å². The van der Waals surface area contributed by atoms with E-state index in [9.17, 15) is 24.0 Å². The summed E-state index contributed by atoms with van der Waals surface area (Å²) in [5, 5.41) is 14.9. The van der Waals surface area contributed by atoms with Gasteiger partial charge in [0.25, 0.3) is 0 Å². The highest BCUT2D eigenvalue weighted by atomic mass is 16.5. The third-order valence-electron chi connectivity index (χ3n) is 11.4. The van der Waals surface area contributed by atoms with Gasteiger partial charge in [0.05, 0.1) is 23.3 Å². The average molecular weight is 920 g/mol. The Bertz CT molecular complexity index is 1590. The fourth-order valence-electron chi connectivity index (χ4n) is 8.71. The molecule has 0 saturated heterocycles. The van der Waals surface area contributed by atoms with E-state index in [2.05, 4.69) is 108 Å². The molecule has 12 heteroatoms. The predicted octanol–water partition coefficient (Wildman–Crippen LogP) is 9.98. The van der Waals surface area contributed by atoms with E-state index in [1.165, 1.54) is 6.92 Å². The van der Waals surface area contributed by atoms with E-state index in [1.54, 1.807) is 0 Å². The summed E-state index contributed by atoms with van der Waals surface area (Å²) < 4.78 is 12.5. The highest BCUT2D eigenvalue weighted by molar-refractivity contribution is 5.87. The molecule has 0 aromatic carbocycles. The second-order valence-corrected chi connectivity index (χ2v) is 26.7. The van der Waals surface area contributed by atoms with Crippen LogP contribution >= 0.6 is 0 Å². The van der Waals surface area contributed by atoms with Gasteiger partial charge in [-0.2, -0.15) is 0 Å². The van der Waals surface area contributed by atoms with Crippen LogP contribution in [0.25, 0.3) is 0 Å². The number of amides is 5. The number of hydrogen-bond donors (Lipinski definition) is 5. The van der Waals surface area contributed by atoms with Gasteiger partial charge in [0.15, 0.2) is 0 Å². The average Bonchev–Trinajstić information content (AvgIpc) is 3.05. The first-order chi connectivity index (χ1) is 28.8. The summed E-state index contributed by atoms with van der Waals surface area (Å²) in [7, 11) is 0. The van der Waals surface area contributed by atoms with Crippen LogP contribution in [0.5, 0.6) is 0 Å². The molecule has 0 aliphatic rings. The van der Waals surface area contributed by atoms with Crippen molar-refractivity contribution in [2.75, 3.05) is 26.3 Å². The van der Waals surface area contributed by atoms with Crippen molar-refractivity contribution >= 4 is 29.5 Å². The molecule has 5 amide bonds. The quantitative estimate of drug-likeness (QED) is 0.0488. The highest BCUT2D eigenvalue weighted by Crippen LogP contribution is 2.39. The lowest BCUT2D eigenvalue weighted by atomic mass is 9.71. The van der Waals surface area contributed by atoms with Crippen LogP contribution in [0, 0.1) is 32.5 Å². The Balaban J connectivity index is 5.01. The first-order valence-electron chi connectivity index (χ1n) is 24.2. The Morgan fingerprint density at radius 2 is 0.954 bits per heavy atom. The number of hydrogen-bond acceptors (Lipinski definition) is 7. The predicted molar refractivity (Wildman–Crippen MR) is 268 cm³/mol. The van der Waals surface area contributed by atoms with Crippen LogP contribution < -0.4 is 26.6 Å². The van der Waals surface area contributed by atoms with Gasteiger partial charge in [-0.05, 0) is 122 Å². The molecule has 1 atom stereocenters. The molecule has 0 heterocycles. The van der Waals surface area contributed by atoms with E-state index in [4.69, 9.17) is 9.47 Å². The molecule has 0 radical (unpaired) electrons. The van der Waals surface area contributed by atoms with E-state index in [0.29, 0.717) is 52.0 Å². The fourth-order valence-corrected chi connectivity index (χ4v) is 8.71. The minimum Gasteiger partial charge on any atom is -0.375 e. The maximum absolute atomic E-state index is 13.6. The number of carbonyl (C=O) groups excluding carboxylic acids is 5. The third-order valence-corrected chi connectivity index (χ3v) is 11.4. The zero-order valence-electron chi connectivity index (χ0n) is 46.1. The monoisotopic (exact) mass is 920 g/mol. The topological polar surface area (TPSA) is 164 Å². The van der Waals surface area contributed by atoms with E-state index >= 15 is 0 Å². The third kappa shape index (κ3) is 28.7. The summed E-state index contributed by atoms with van der Waals surface area (Å²) in [4.78, 5) is 64.9. The Kier molecular flexibility index (Phi) is 22.7. The molecule has 0 bridgehead atoms. The minimum atomic E-state index is -0.872. The van der Waals surface area contributed by atoms with E-state index in [1.807, 2.05) is 83.1 Å². The molecule has 0 spiro atoms. The lowest BCUT2D eigenvalue weighted by Crippen LogP contribution is -2.53. The van der Waals surface area contributed by atoms with Crippen LogP contribution in [0.1, 0.15) is 211 Å². The summed E-state index contributed by atoms with van der Waals surface area (Å²) in [6.45, 7) is 48.5. The molecule has 0 fully saturated rings.